The van der Waals surface area contributed by atoms with E-state index in [1.807, 2.05) is 27.7 Å². The van der Waals surface area contributed by atoms with Crippen LogP contribution in [0.15, 0.2) is 9.56 Å². The Kier molecular flexibility index (Phi) is 5.05. The first-order chi connectivity index (χ1) is 7.80. The molecule has 0 N–H and O–H groups in total. The highest BCUT2D eigenvalue weighted by molar-refractivity contribution is 14.1. The zero-order valence-electron chi connectivity index (χ0n) is 10.9. The predicted molar refractivity (Wildman–Crippen MR) is 77.6 cm³/mol. The molecule has 3 nitrogen and oxygen atoms in total. The second kappa shape index (κ2) is 5.72. The summed E-state index contributed by atoms with van der Waals surface area (Å²) < 4.78 is 12.9. The minimum Gasteiger partial charge on any atom is -0.399 e. The topological polar surface area (TPSA) is 42.2 Å². The molecule has 0 aliphatic carbocycles. The SMILES string of the molecule is CC1(C)OB(/C(I)=C/CCCC#N)OC1(C)C. The Labute approximate surface area is 118 Å². The van der Waals surface area contributed by atoms with E-state index >= 15 is 0 Å². The van der Waals surface area contributed by atoms with Crippen LogP contribution in [-0.2, 0) is 9.31 Å². The molecule has 17 heavy (non-hydrogen) atoms. The van der Waals surface area contributed by atoms with Gasteiger partial charge in [0, 0.05) is 9.90 Å². The Morgan fingerprint density at radius 1 is 1.29 bits per heavy atom. The standard InChI is InChI=1S/C12H19BINO2/c1-11(2)12(3,4)17-13(16-11)10(14)8-6-5-7-9-15/h8H,5-7H2,1-4H3/b10-8-. The van der Waals surface area contributed by atoms with Gasteiger partial charge in [-0.2, -0.15) is 5.26 Å². The zero-order chi connectivity index (χ0) is 13.1. The van der Waals surface area contributed by atoms with Gasteiger partial charge in [-0.1, -0.05) is 28.7 Å². The van der Waals surface area contributed by atoms with Crippen LogP contribution in [0.1, 0.15) is 47.0 Å². The first-order valence-corrected chi connectivity index (χ1v) is 6.96. The van der Waals surface area contributed by atoms with Crippen molar-refractivity contribution >= 4 is 29.7 Å². The van der Waals surface area contributed by atoms with Crippen molar-refractivity contribution in [3.63, 3.8) is 0 Å². The number of hydrogen-bond acceptors (Lipinski definition) is 3. The smallest absolute Gasteiger partial charge is 0.399 e. The summed E-state index contributed by atoms with van der Waals surface area (Å²) in [6, 6.07) is 2.14. The normalized spacial score (nSPS) is 22.6. The maximum Gasteiger partial charge on any atom is 0.500 e. The molecular formula is C12H19BINO2. The maximum atomic E-state index is 8.46. The van der Waals surface area contributed by atoms with Gasteiger partial charge in [-0.3, -0.25) is 0 Å². The first-order valence-electron chi connectivity index (χ1n) is 5.88. The third kappa shape index (κ3) is 3.70. The number of unbranched alkanes of at least 4 members (excludes halogenated alkanes) is 2. The van der Waals surface area contributed by atoms with Crippen LogP contribution in [-0.4, -0.2) is 18.3 Å². The molecule has 5 heteroatoms. The lowest BCUT2D eigenvalue weighted by atomic mass is 9.89. The molecule has 1 rings (SSSR count). The molecule has 1 fully saturated rings. The van der Waals surface area contributed by atoms with Crippen LogP contribution >= 0.6 is 22.6 Å². The Bertz CT molecular complexity index is 331. The highest BCUT2D eigenvalue weighted by Gasteiger charge is 2.51. The van der Waals surface area contributed by atoms with E-state index in [4.69, 9.17) is 14.6 Å². The summed E-state index contributed by atoms with van der Waals surface area (Å²) >= 11 is 2.26. The average Bonchev–Trinajstić information content (AvgIpc) is 2.43. The molecule has 0 unspecified atom stereocenters. The quantitative estimate of drug-likeness (QED) is 0.443. The van der Waals surface area contributed by atoms with Crippen molar-refractivity contribution in [2.45, 2.75) is 58.2 Å². The second-order valence-electron chi connectivity index (χ2n) is 5.23. The largest absolute Gasteiger partial charge is 0.500 e. The highest BCUT2D eigenvalue weighted by atomic mass is 127. The Morgan fingerprint density at radius 3 is 2.29 bits per heavy atom. The molecule has 0 atom stereocenters. The van der Waals surface area contributed by atoms with Gasteiger partial charge in [0.05, 0.1) is 17.3 Å². The van der Waals surface area contributed by atoms with Crippen molar-refractivity contribution in [1.82, 2.24) is 0 Å². The molecule has 1 saturated heterocycles. The van der Waals surface area contributed by atoms with Gasteiger partial charge < -0.3 is 9.31 Å². The second-order valence-corrected chi connectivity index (χ2v) is 6.47. The molecule has 0 saturated carbocycles. The van der Waals surface area contributed by atoms with Crippen molar-refractivity contribution in [2.75, 3.05) is 0 Å². The number of halogens is 1. The number of nitrogens with zero attached hydrogens (tertiary/aromatic N) is 1. The Balaban J connectivity index is 2.56. The van der Waals surface area contributed by atoms with Crippen LogP contribution in [0.2, 0.25) is 0 Å². The third-order valence-corrected chi connectivity index (χ3v) is 4.26. The minimum atomic E-state index is -0.283. The van der Waals surface area contributed by atoms with Gasteiger partial charge in [0.1, 0.15) is 0 Å². The number of rotatable bonds is 4. The Morgan fingerprint density at radius 2 is 1.82 bits per heavy atom. The molecule has 1 aliphatic rings. The number of hydrogen-bond donors (Lipinski definition) is 0. The monoisotopic (exact) mass is 347 g/mol. The van der Waals surface area contributed by atoms with Crippen molar-refractivity contribution in [1.29, 1.82) is 5.26 Å². The van der Waals surface area contributed by atoms with E-state index < -0.39 is 0 Å². The molecule has 1 aliphatic heterocycles. The lowest BCUT2D eigenvalue weighted by Gasteiger charge is -2.32. The molecular weight excluding hydrogens is 328 g/mol. The average molecular weight is 347 g/mol. The molecule has 0 aromatic carbocycles. The molecule has 1 heterocycles. The van der Waals surface area contributed by atoms with E-state index in [-0.39, 0.29) is 18.3 Å². The van der Waals surface area contributed by atoms with Gasteiger partial charge in [-0.25, -0.2) is 0 Å². The van der Waals surface area contributed by atoms with Crippen molar-refractivity contribution in [2.24, 2.45) is 0 Å². The van der Waals surface area contributed by atoms with E-state index in [0.717, 1.165) is 16.3 Å². The molecule has 94 valence electrons. The maximum absolute atomic E-state index is 8.46. The molecule has 0 aromatic rings. The fourth-order valence-electron chi connectivity index (χ4n) is 1.47. The van der Waals surface area contributed by atoms with Crippen molar-refractivity contribution in [3.05, 3.63) is 9.56 Å². The van der Waals surface area contributed by atoms with Crippen LogP contribution in [0.3, 0.4) is 0 Å². The van der Waals surface area contributed by atoms with Gasteiger partial charge in [0.25, 0.3) is 0 Å². The minimum absolute atomic E-state index is 0.261. The van der Waals surface area contributed by atoms with Crippen LogP contribution < -0.4 is 0 Å². The molecule has 0 spiro atoms. The van der Waals surface area contributed by atoms with Gasteiger partial charge >= 0.3 is 7.12 Å². The molecule has 0 aromatic heterocycles. The summed E-state index contributed by atoms with van der Waals surface area (Å²) in [6.45, 7) is 8.19. The van der Waals surface area contributed by atoms with E-state index in [2.05, 4.69) is 34.7 Å². The lowest BCUT2D eigenvalue weighted by molar-refractivity contribution is 0.00578. The summed E-state index contributed by atoms with van der Waals surface area (Å²) in [5.74, 6) is 0. The molecule has 0 amide bonds. The first kappa shape index (κ1) is 15.0. The van der Waals surface area contributed by atoms with Gasteiger partial charge in [0.15, 0.2) is 0 Å². The number of allylic oxidation sites excluding steroid dienone is 1. The van der Waals surface area contributed by atoms with Gasteiger partial charge in [0.2, 0.25) is 0 Å². The van der Waals surface area contributed by atoms with Gasteiger partial charge in [-0.15, -0.1) is 0 Å². The predicted octanol–water partition coefficient (Wildman–Crippen LogP) is 3.63. The summed E-state index contributed by atoms with van der Waals surface area (Å²) in [5, 5.41) is 8.46. The fraction of sp³-hybridized carbons (Fsp3) is 0.750. The summed E-state index contributed by atoms with van der Waals surface area (Å²) in [5.41, 5.74) is -0.566. The van der Waals surface area contributed by atoms with Crippen LogP contribution in [0.25, 0.3) is 0 Å². The van der Waals surface area contributed by atoms with Crippen molar-refractivity contribution in [3.8, 4) is 6.07 Å². The van der Waals surface area contributed by atoms with E-state index in [1.165, 1.54) is 0 Å². The van der Waals surface area contributed by atoms with Gasteiger partial charge in [-0.05, 0) is 40.5 Å². The van der Waals surface area contributed by atoms with E-state index in [9.17, 15) is 0 Å². The Hall–Kier alpha value is -0.0551. The number of nitriles is 1. The summed E-state index contributed by atoms with van der Waals surface area (Å²) in [4.78, 5) is 0. The fourth-order valence-corrected chi connectivity index (χ4v) is 2.04. The van der Waals surface area contributed by atoms with Crippen molar-refractivity contribution < 1.29 is 9.31 Å². The molecule has 0 radical (unpaired) electrons. The van der Waals surface area contributed by atoms with Crippen LogP contribution in [0, 0.1) is 11.3 Å². The lowest BCUT2D eigenvalue weighted by Crippen LogP contribution is -2.41. The molecule has 0 bridgehead atoms. The van der Waals surface area contributed by atoms with E-state index in [0.29, 0.717) is 6.42 Å². The van der Waals surface area contributed by atoms with E-state index in [1.54, 1.807) is 0 Å². The highest BCUT2D eigenvalue weighted by Crippen LogP contribution is 2.39. The van der Waals surface area contributed by atoms with Crippen LogP contribution in [0.5, 0.6) is 0 Å². The van der Waals surface area contributed by atoms with Crippen LogP contribution in [0.4, 0.5) is 0 Å². The zero-order valence-corrected chi connectivity index (χ0v) is 13.1. The summed E-state index contributed by atoms with van der Waals surface area (Å²) in [7, 11) is -0.261. The third-order valence-electron chi connectivity index (χ3n) is 3.31. The summed E-state index contributed by atoms with van der Waals surface area (Å²) in [6.07, 6.45) is 4.49.